The van der Waals surface area contributed by atoms with Gasteiger partial charge in [-0.15, -0.1) is 0 Å². The summed E-state index contributed by atoms with van der Waals surface area (Å²) in [6.07, 6.45) is 4.80. The van der Waals surface area contributed by atoms with Gasteiger partial charge in [-0.2, -0.15) is 0 Å². The van der Waals surface area contributed by atoms with E-state index in [1.807, 2.05) is 19.9 Å². The first-order chi connectivity index (χ1) is 13.2. The first-order valence-corrected chi connectivity index (χ1v) is 9.85. The molecule has 1 aromatic carbocycles. The molecular weight excluding hydrogens is 350 g/mol. The van der Waals surface area contributed by atoms with Crippen LogP contribution in [-0.4, -0.2) is 23.3 Å². The highest BCUT2D eigenvalue weighted by Gasteiger charge is 2.32. The predicted molar refractivity (Wildman–Crippen MR) is 111 cm³/mol. The summed E-state index contributed by atoms with van der Waals surface area (Å²) in [5.41, 5.74) is 5.15. The zero-order valence-corrected chi connectivity index (χ0v) is 17.4. The molecule has 1 N–H and O–H groups in total. The van der Waals surface area contributed by atoms with Crippen LogP contribution in [0.1, 0.15) is 83.3 Å². The molecule has 28 heavy (non-hydrogen) atoms. The van der Waals surface area contributed by atoms with Crippen molar-refractivity contribution in [3.05, 3.63) is 70.1 Å². The molecule has 0 amide bonds. The topological polar surface area (TPSA) is 59.2 Å². The summed E-state index contributed by atoms with van der Waals surface area (Å²) < 4.78 is 5.25. The highest BCUT2D eigenvalue weighted by atomic mass is 16.5. The van der Waals surface area contributed by atoms with Gasteiger partial charge in [-0.05, 0) is 48.3 Å². The molecule has 1 atom stereocenters. The predicted octanol–water partition coefficient (Wildman–Crippen LogP) is 5.27. The maximum absolute atomic E-state index is 12.8. The number of carbonyl (C=O) groups is 2. The number of benzene rings is 1. The summed E-state index contributed by atoms with van der Waals surface area (Å²) in [7, 11) is 0. The largest absolute Gasteiger partial charge is 0.457 e. The second-order valence-corrected chi connectivity index (χ2v) is 8.55. The van der Waals surface area contributed by atoms with E-state index in [0.29, 0.717) is 23.2 Å². The number of rotatable bonds is 4. The second kappa shape index (κ2) is 7.78. The van der Waals surface area contributed by atoms with Gasteiger partial charge in [0.25, 0.3) is 0 Å². The summed E-state index contributed by atoms with van der Waals surface area (Å²) in [4.78, 5) is 28.4. The first kappa shape index (κ1) is 20.1. The molecule has 0 aliphatic heterocycles. The Morgan fingerprint density at radius 2 is 1.89 bits per heavy atom. The minimum atomic E-state index is -0.413. The molecule has 0 bridgehead atoms. The van der Waals surface area contributed by atoms with Crippen molar-refractivity contribution in [3.8, 4) is 0 Å². The number of aromatic amines is 1. The maximum atomic E-state index is 12.8. The van der Waals surface area contributed by atoms with Gasteiger partial charge in [-0.25, -0.2) is 4.79 Å². The fourth-order valence-electron chi connectivity index (χ4n) is 3.82. The van der Waals surface area contributed by atoms with Gasteiger partial charge in [-0.3, -0.25) is 4.79 Å². The molecule has 0 spiro atoms. The van der Waals surface area contributed by atoms with Crippen LogP contribution in [0.15, 0.2) is 36.4 Å². The zero-order valence-electron chi connectivity index (χ0n) is 17.4. The van der Waals surface area contributed by atoms with Crippen molar-refractivity contribution in [2.75, 3.05) is 6.61 Å². The molecule has 3 rings (SSSR count). The monoisotopic (exact) mass is 379 g/mol. The van der Waals surface area contributed by atoms with Gasteiger partial charge in [0.2, 0.25) is 0 Å². The van der Waals surface area contributed by atoms with E-state index in [0.717, 1.165) is 17.7 Å². The number of allylic oxidation sites excluding steroid dienone is 1. The number of nitrogens with one attached hydrogen (secondary N) is 1. The van der Waals surface area contributed by atoms with Crippen LogP contribution in [0.25, 0.3) is 0 Å². The van der Waals surface area contributed by atoms with Crippen LogP contribution in [0.3, 0.4) is 0 Å². The zero-order chi connectivity index (χ0) is 20.5. The number of carbonyl (C=O) groups excluding carboxylic acids is 2. The van der Waals surface area contributed by atoms with Crippen LogP contribution in [0.4, 0.5) is 0 Å². The average molecular weight is 380 g/mol. The highest BCUT2D eigenvalue weighted by Crippen LogP contribution is 2.36. The Kier molecular flexibility index (Phi) is 5.59. The quantitative estimate of drug-likeness (QED) is 0.582. The Morgan fingerprint density at radius 1 is 1.21 bits per heavy atom. The number of H-pyrrole nitrogens is 1. The number of hydrogen-bond donors (Lipinski definition) is 1. The van der Waals surface area contributed by atoms with E-state index in [2.05, 4.69) is 50.0 Å². The number of ketones is 1. The highest BCUT2D eigenvalue weighted by molar-refractivity contribution is 6.03. The first-order valence-electron chi connectivity index (χ1n) is 9.85. The van der Waals surface area contributed by atoms with Gasteiger partial charge < -0.3 is 9.72 Å². The van der Waals surface area contributed by atoms with Crippen LogP contribution >= 0.6 is 0 Å². The second-order valence-electron chi connectivity index (χ2n) is 8.55. The van der Waals surface area contributed by atoms with E-state index in [1.54, 1.807) is 6.08 Å². The van der Waals surface area contributed by atoms with Gasteiger partial charge in [0.05, 0.1) is 0 Å². The summed E-state index contributed by atoms with van der Waals surface area (Å²) in [5.74, 6) is -0.199. The lowest BCUT2D eigenvalue weighted by Gasteiger charge is -2.24. The lowest BCUT2D eigenvalue weighted by molar-refractivity contribution is 0.0542. The molecule has 148 valence electrons. The van der Waals surface area contributed by atoms with Crippen molar-refractivity contribution in [2.24, 2.45) is 0 Å². The summed E-state index contributed by atoms with van der Waals surface area (Å²) in [6.45, 7) is 10.5. The van der Waals surface area contributed by atoms with Crippen LogP contribution < -0.4 is 0 Å². The Labute approximate surface area is 167 Å². The number of aromatic nitrogens is 1. The maximum Gasteiger partial charge on any atom is 0.355 e. The van der Waals surface area contributed by atoms with E-state index in [-0.39, 0.29) is 23.7 Å². The fourth-order valence-corrected chi connectivity index (χ4v) is 3.82. The smallest absolute Gasteiger partial charge is 0.355 e. The van der Waals surface area contributed by atoms with E-state index in [1.165, 1.54) is 5.56 Å². The van der Waals surface area contributed by atoms with E-state index < -0.39 is 5.97 Å². The molecule has 1 aliphatic rings. The van der Waals surface area contributed by atoms with Crippen molar-refractivity contribution < 1.29 is 14.3 Å². The van der Waals surface area contributed by atoms with Gasteiger partial charge in [-0.1, -0.05) is 57.2 Å². The minimum absolute atomic E-state index is 0.0902. The van der Waals surface area contributed by atoms with E-state index in [9.17, 15) is 9.59 Å². The third-order valence-corrected chi connectivity index (χ3v) is 5.49. The molecule has 4 nitrogen and oxygen atoms in total. The van der Waals surface area contributed by atoms with Gasteiger partial charge in [0.15, 0.2) is 5.78 Å². The number of ether oxygens (including phenoxy) is 1. The molecule has 0 unspecified atom stereocenters. The number of fused-ring (bicyclic) bond motifs is 1. The molecule has 4 heteroatoms. The van der Waals surface area contributed by atoms with Crippen molar-refractivity contribution in [1.29, 1.82) is 0 Å². The molecule has 1 aliphatic carbocycles. The van der Waals surface area contributed by atoms with Crippen LogP contribution in [-0.2, 0) is 16.6 Å². The molecule has 2 aromatic rings. The van der Waals surface area contributed by atoms with Gasteiger partial charge in [0, 0.05) is 17.7 Å². The van der Waals surface area contributed by atoms with E-state index >= 15 is 0 Å². The number of Topliss-reactive ketones (excluding diaryl/α,β-unsaturated/α-hetero) is 1. The van der Waals surface area contributed by atoms with Gasteiger partial charge >= 0.3 is 5.97 Å². The van der Waals surface area contributed by atoms with Gasteiger partial charge in [0.1, 0.15) is 12.3 Å². The SMILES string of the molecule is C/C=C/COC(=O)c1[nH]c2c(c1C)C(=O)C[C@@H](c1ccc(C(C)(C)C)cc1)C2. The summed E-state index contributed by atoms with van der Waals surface area (Å²) in [5, 5.41) is 0. The van der Waals surface area contributed by atoms with Crippen LogP contribution in [0.5, 0.6) is 0 Å². The third-order valence-electron chi connectivity index (χ3n) is 5.49. The lowest BCUT2D eigenvalue weighted by atomic mass is 9.80. The molecular formula is C24H29NO3. The van der Waals surface area contributed by atoms with Crippen LogP contribution in [0.2, 0.25) is 0 Å². The van der Waals surface area contributed by atoms with Crippen molar-refractivity contribution in [1.82, 2.24) is 4.98 Å². The number of hydrogen-bond acceptors (Lipinski definition) is 3. The molecule has 1 heterocycles. The normalized spacial score (nSPS) is 17.0. The molecule has 1 aromatic heterocycles. The summed E-state index contributed by atoms with van der Waals surface area (Å²) in [6, 6.07) is 8.57. The minimum Gasteiger partial charge on any atom is -0.457 e. The molecule has 0 radical (unpaired) electrons. The Balaban J connectivity index is 1.84. The van der Waals surface area contributed by atoms with E-state index in [4.69, 9.17) is 4.74 Å². The fraction of sp³-hybridized carbons (Fsp3) is 0.417. The average Bonchev–Trinajstić information content (AvgIpc) is 2.98. The Morgan fingerprint density at radius 3 is 2.50 bits per heavy atom. The Bertz CT molecular complexity index is 911. The molecule has 0 saturated heterocycles. The number of esters is 1. The third kappa shape index (κ3) is 3.96. The van der Waals surface area contributed by atoms with Crippen molar-refractivity contribution in [2.45, 2.75) is 58.8 Å². The van der Waals surface area contributed by atoms with Crippen molar-refractivity contribution in [3.63, 3.8) is 0 Å². The standard InChI is InChI=1S/C24H29NO3/c1-6-7-12-28-23(27)22-15(2)21-19(25-22)13-17(14-20(21)26)16-8-10-18(11-9-16)24(3,4)5/h6-11,17,25H,12-14H2,1-5H3/b7-6+/t17-/m0/s1. The lowest BCUT2D eigenvalue weighted by Crippen LogP contribution is -2.19. The molecule has 0 saturated carbocycles. The van der Waals surface area contributed by atoms with Crippen LogP contribution in [0, 0.1) is 6.92 Å². The Hall–Kier alpha value is -2.62. The summed E-state index contributed by atoms with van der Waals surface area (Å²) >= 11 is 0. The van der Waals surface area contributed by atoms with Crippen molar-refractivity contribution >= 4 is 11.8 Å². The molecule has 0 fully saturated rings.